The lowest BCUT2D eigenvalue weighted by Gasteiger charge is -2.23. The van der Waals surface area contributed by atoms with Crippen LogP contribution in [0.25, 0.3) is 11.3 Å². The number of nitrogens with zero attached hydrogens (tertiary/aromatic N) is 4. The average molecular weight is 544 g/mol. The second kappa shape index (κ2) is 11.3. The van der Waals surface area contributed by atoms with E-state index in [1.165, 1.54) is 18.4 Å². The number of hydrogen-bond donors (Lipinski definition) is 3. The van der Waals surface area contributed by atoms with Crippen molar-refractivity contribution in [3.63, 3.8) is 0 Å². The zero-order valence-electron chi connectivity index (χ0n) is 18.8. The fourth-order valence-corrected chi connectivity index (χ4v) is 3.85. The van der Waals surface area contributed by atoms with Gasteiger partial charge in [-0.2, -0.15) is 8.78 Å². The number of alkyl carbamates (subject to hydrolysis) is 1. The second-order valence-corrected chi connectivity index (χ2v) is 8.63. The van der Waals surface area contributed by atoms with Gasteiger partial charge in [-0.25, -0.2) is 19.3 Å². The molecule has 0 aliphatic heterocycles. The molecule has 0 aliphatic carbocycles. The molecule has 2 amide bonds. The van der Waals surface area contributed by atoms with Crippen LogP contribution in [0.2, 0.25) is 0 Å². The fourth-order valence-electron chi connectivity index (χ4n) is 2.99. The summed E-state index contributed by atoms with van der Waals surface area (Å²) in [5.74, 6) is -0.199. The van der Waals surface area contributed by atoms with Crippen LogP contribution in [0.3, 0.4) is 0 Å². The van der Waals surface area contributed by atoms with E-state index in [1.54, 1.807) is 29.6 Å². The van der Waals surface area contributed by atoms with Gasteiger partial charge in [0, 0.05) is 30.5 Å². The van der Waals surface area contributed by atoms with E-state index in [0.29, 0.717) is 22.8 Å². The van der Waals surface area contributed by atoms with Gasteiger partial charge in [0.2, 0.25) is 5.91 Å². The topological polar surface area (TPSA) is 153 Å². The largest absolute Gasteiger partial charge is 0.445 e. The van der Waals surface area contributed by atoms with Crippen molar-refractivity contribution < 1.29 is 28.0 Å². The first-order valence-corrected chi connectivity index (χ1v) is 11.5. The number of benzene rings is 1. The van der Waals surface area contributed by atoms with E-state index >= 15 is 0 Å². The number of aromatic nitrogens is 3. The minimum Gasteiger partial charge on any atom is -0.445 e. The third-order valence-electron chi connectivity index (χ3n) is 4.63. The normalized spacial score (nSPS) is 12.0. The Balaban J connectivity index is 1.60. The van der Waals surface area contributed by atoms with E-state index in [4.69, 9.17) is 16.3 Å². The van der Waals surface area contributed by atoms with Crippen LogP contribution in [0.1, 0.15) is 12.7 Å². The molecule has 192 valence electrons. The van der Waals surface area contributed by atoms with Crippen LogP contribution < -0.4 is 16.0 Å². The standard InChI is InChI=1S/C20H20ClF2N7O5S/c1-11-24-9-16(30(33)34)29(11)7-8-35-19(32)28-17(20(21,22)23)27-18-26-15(10-36-18)13-3-5-14(6-4-13)25-12(2)31/h3-6,9-10,17H,7-8H2,1-2H3,(H,25,31)(H,26,27)(H,28,32). The van der Waals surface area contributed by atoms with Crippen LogP contribution in [-0.4, -0.2) is 49.6 Å². The van der Waals surface area contributed by atoms with E-state index in [2.05, 4.69) is 20.6 Å². The van der Waals surface area contributed by atoms with Crippen LogP contribution >= 0.6 is 22.9 Å². The Hall–Kier alpha value is -3.85. The third kappa shape index (κ3) is 7.08. The minimum absolute atomic E-state index is 0.0474. The summed E-state index contributed by atoms with van der Waals surface area (Å²) >= 11 is 6.16. The lowest BCUT2D eigenvalue weighted by atomic mass is 10.1. The number of nitrogens with one attached hydrogen (secondary N) is 3. The Kier molecular flexibility index (Phi) is 8.37. The predicted octanol–water partition coefficient (Wildman–Crippen LogP) is 4.18. The molecule has 3 N–H and O–H groups in total. The maximum absolute atomic E-state index is 13.9. The summed E-state index contributed by atoms with van der Waals surface area (Å²) in [5.41, 5.74) is 1.72. The average Bonchev–Trinajstić information content (AvgIpc) is 3.40. The lowest BCUT2D eigenvalue weighted by Crippen LogP contribution is -2.50. The Morgan fingerprint density at radius 3 is 2.64 bits per heavy atom. The first-order valence-electron chi connectivity index (χ1n) is 10.2. The molecule has 3 rings (SSSR count). The Morgan fingerprint density at radius 1 is 1.33 bits per heavy atom. The molecule has 1 unspecified atom stereocenters. The molecular formula is C20H20ClF2N7O5S. The molecule has 3 aromatic rings. The van der Waals surface area contributed by atoms with Crippen molar-refractivity contribution in [3.8, 4) is 11.3 Å². The maximum atomic E-state index is 13.9. The summed E-state index contributed by atoms with van der Waals surface area (Å²) in [6, 6.07) is 6.71. The molecular weight excluding hydrogens is 524 g/mol. The van der Waals surface area contributed by atoms with E-state index in [-0.39, 0.29) is 30.0 Å². The van der Waals surface area contributed by atoms with E-state index in [9.17, 15) is 28.5 Å². The second-order valence-electron chi connectivity index (χ2n) is 7.27. The third-order valence-corrected chi connectivity index (χ3v) is 5.62. The van der Waals surface area contributed by atoms with Crippen molar-refractivity contribution in [1.82, 2.24) is 19.9 Å². The zero-order chi connectivity index (χ0) is 26.5. The Morgan fingerprint density at radius 2 is 2.03 bits per heavy atom. The molecule has 2 heterocycles. The number of amides is 2. The monoisotopic (exact) mass is 543 g/mol. The molecule has 2 aromatic heterocycles. The highest BCUT2D eigenvalue weighted by Crippen LogP contribution is 2.30. The number of nitro groups is 1. The number of carbonyl (C=O) groups is 2. The first-order chi connectivity index (χ1) is 16.9. The highest BCUT2D eigenvalue weighted by Gasteiger charge is 2.39. The van der Waals surface area contributed by atoms with E-state index in [0.717, 1.165) is 17.5 Å². The highest BCUT2D eigenvalue weighted by molar-refractivity contribution is 7.14. The fraction of sp³-hybridized carbons (Fsp3) is 0.300. The van der Waals surface area contributed by atoms with Crippen LogP contribution in [0.5, 0.6) is 0 Å². The van der Waals surface area contributed by atoms with Gasteiger partial charge in [0.25, 0.3) is 0 Å². The molecule has 0 spiro atoms. The molecule has 0 aliphatic rings. The lowest BCUT2D eigenvalue weighted by molar-refractivity contribution is -0.392. The Bertz CT molecular complexity index is 1250. The first kappa shape index (κ1) is 26.7. The zero-order valence-corrected chi connectivity index (χ0v) is 20.4. The van der Waals surface area contributed by atoms with Gasteiger partial charge in [-0.15, -0.1) is 11.3 Å². The summed E-state index contributed by atoms with van der Waals surface area (Å²) in [5, 5.41) is 15.7. The SMILES string of the molecule is CC(=O)Nc1ccc(-c2csc(NC(NC(=O)OCCn3c([N+](=O)[O-])cnc3C)C(F)(F)Cl)n2)cc1. The van der Waals surface area contributed by atoms with Crippen molar-refractivity contribution in [2.75, 3.05) is 17.2 Å². The molecule has 1 atom stereocenters. The number of rotatable bonds is 10. The highest BCUT2D eigenvalue weighted by atomic mass is 35.5. The van der Waals surface area contributed by atoms with Crippen molar-refractivity contribution in [2.24, 2.45) is 0 Å². The van der Waals surface area contributed by atoms with E-state index < -0.39 is 22.6 Å². The van der Waals surface area contributed by atoms with Crippen molar-refractivity contribution in [3.05, 3.63) is 51.8 Å². The van der Waals surface area contributed by atoms with Crippen LogP contribution in [-0.2, 0) is 16.1 Å². The number of imidazole rings is 1. The molecule has 12 nitrogen and oxygen atoms in total. The number of thiazole rings is 1. The van der Waals surface area contributed by atoms with Crippen molar-refractivity contribution in [2.45, 2.75) is 31.9 Å². The van der Waals surface area contributed by atoms with Crippen molar-refractivity contribution >= 4 is 51.6 Å². The number of alkyl halides is 3. The molecule has 0 fully saturated rings. The maximum Gasteiger partial charge on any atom is 0.409 e. The smallest absolute Gasteiger partial charge is 0.409 e. The molecule has 0 radical (unpaired) electrons. The molecule has 16 heteroatoms. The molecule has 36 heavy (non-hydrogen) atoms. The number of halogens is 3. The van der Waals surface area contributed by atoms with Crippen LogP contribution in [0.4, 0.5) is 30.2 Å². The number of carbonyl (C=O) groups excluding carboxylic acids is 2. The van der Waals surface area contributed by atoms with Gasteiger partial charge in [0.15, 0.2) is 17.1 Å². The van der Waals surface area contributed by atoms with E-state index in [1.807, 2.05) is 5.32 Å². The Labute approximate surface area is 211 Å². The molecule has 0 bridgehead atoms. The predicted molar refractivity (Wildman–Crippen MR) is 128 cm³/mol. The van der Waals surface area contributed by atoms with Crippen LogP contribution in [0, 0.1) is 17.0 Å². The van der Waals surface area contributed by atoms with Gasteiger partial charge in [-0.05, 0) is 28.7 Å². The van der Waals surface area contributed by atoms with Gasteiger partial charge in [-0.1, -0.05) is 12.1 Å². The summed E-state index contributed by atoms with van der Waals surface area (Å²) in [7, 11) is 0. The van der Waals surface area contributed by atoms with Gasteiger partial charge in [-0.3, -0.25) is 10.1 Å². The number of ether oxygens (including phenoxy) is 1. The summed E-state index contributed by atoms with van der Waals surface area (Å²) in [6.07, 6.45) is -2.24. The minimum atomic E-state index is -3.91. The summed E-state index contributed by atoms with van der Waals surface area (Å²) in [4.78, 5) is 41.6. The van der Waals surface area contributed by atoms with Crippen molar-refractivity contribution in [1.29, 1.82) is 0 Å². The van der Waals surface area contributed by atoms with Gasteiger partial charge in [0.1, 0.15) is 19.3 Å². The summed E-state index contributed by atoms with van der Waals surface area (Å²) < 4.78 is 34.0. The molecule has 1 aromatic carbocycles. The number of anilines is 2. The van der Waals surface area contributed by atoms with Crippen LogP contribution in [0.15, 0.2) is 35.8 Å². The van der Waals surface area contributed by atoms with Gasteiger partial charge < -0.3 is 25.5 Å². The number of aryl methyl sites for hydroxylation is 1. The molecule has 0 saturated heterocycles. The number of hydrogen-bond acceptors (Lipinski definition) is 9. The quantitative estimate of drug-likeness (QED) is 0.149. The molecule has 0 saturated carbocycles. The summed E-state index contributed by atoms with van der Waals surface area (Å²) in [6.45, 7) is 2.45. The van der Waals surface area contributed by atoms with Gasteiger partial charge in [0.05, 0.1) is 5.69 Å². The van der Waals surface area contributed by atoms with Gasteiger partial charge >= 0.3 is 17.3 Å².